The standard InChI is InChI=1S/C13H16N2O5/c1-9-3-5-10(6-4-9)15(8-12(17)18)7-11(16)14-13(19)20-2/h3-6H,7-8H2,1-2H3,(H,17,18)(H,14,16,19). The van der Waals surface area contributed by atoms with E-state index in [1.807, 2.05) is 24.4 Å². The van der Waals surface area contributed by atoms with Crippen LogP contribution in [-0.2, 0) is 14.3 Å². The lowest BCUT2D eigenvalue weighted by molar-refractivity contribution is -0.135. The summed E-state index contributed by atoms with van der Waals surface area (Å²) in [5.41, 5.74) is 1.60. The van der Waals surface area contributed by atoms with Crippen molar-refractivity contribution < 1.29 is 24.2 Å². The van der Waals surface area contributed by atoms with Gasteiger partial charge < -0.3 is 14.7 Å². The number of alkyl carbamates (subject to hydrolysis) is 1. The quantitative estimate of drug-likeness (QED) is 0.827. The first-order valence-corrected chi connectivity index (χ1v) is 5.83. The summed E-state index contributed by atoms with van der Waals surface area (Å²) in [6.07, 6.45) is -0.880. The fourth-order valence-corrected chi connectivity index (χ4v) is 1.54. The van der Waals surface area contributed by atoms with E-state index < -0.39 is 18.0 Å². The van der Waals surface area contributed by atoms with Crippen LogP contribution in [0, 0.1) is 6.92 Å². The number of carbonyl (C=O) groups excluding carboxylic acids is 2. The Morgan fingerprint density at radius 2 is 1.80 bits per heavy atom. The second-order valence-electron chi connectivity index (χ2n) is 4.13. The third-order valence-electron chi connectivity index (χ3n) is 2.49. The molecule has 0 unspecified atom stereocenters. The summed E-state index contributed by atoms with van der Waals surface area (Å²) in [5.74, 6) is -1.71. The second-order valence-corrected chi connectivity index (χ2v) is 4.13. The molecule has 0 bridgehead atoms. The van der Waals surface area contributed by atoms with E-state index in [1.165, 1.54) is 4.90 Å². The average Bonchev–Trinajstić information content (AvgIpc) is 2.38. The highest BCUT2D eigenvalue weighted by atomic mass is 16.5. The van der Waals surface area contributed by atoms with Crippen molar-refractivity contribution in [2.24, 2.45) is 0 Å². The number of methoxy groups -OCH3 is 1. The van der Waals surface area contributed by atoms with Crippen molar-refractivity contribution in [1.82, 2.24) is 5.32 Å². The highest BCUT2D eigenvalue weighted by Crippen LogP contribution is 2.14. The van der Waals surface area contributed by atoms with Crippen LogP contribution in [0.15, 0.2) is 24.3 Å². The molecule has 2 N–H and O–H groups in total. The monoisotopic (exact) mass is 280 g/mol. The van der Waals surface area contributed by atoms with Crippen molar-refractivity contribution in [2.75, 3.05) is 25.1 Å². The van der Waals surface area contributed by atoms with Crippen LogP contribution < -0.4 is 10.2 Å². The number of aliphatic carboxylic acids is 1. The molecule has 108 valence electrons. The molecule has 2 amide bonds. The van der Waals surface area contributed by atoms with Crippen LogP contribution in [0.3, 0.4) is 0 Å². The third-order valence-corrected chi connectivity index (χ3v) is 2.49. The molecule has 0 aromatic heterocycles. The number of benzene rings is 1. The van der Waals surface area contributed by atoms with Crippen LogP contribution in [0.4, 0.5) is 10.5 Å². The molecule has 0 spiro atoms. The Bertz CT molecular complexity index is 498. The maximum Gasteiger partial charge on any atom is 0.413 e. The van der Waals surface area contributed by atoms with Crippen molar-refractivity contribution in [3.05, 3.63) is 29.8 Å². The first-order chi connectivity index (χ1) is 9.42. The number of anilines is 1. The summed E-state index contributed by atoms with van der Waals surface area (Å²) in [6.45, 7) is 1.29. The number of ether oxygens (including phenoxy) is 1. The van der Waals surface area contributed by atoms with Crippen LogP contribution in [0.25, 0.3) is 0 Å². The summed E-state index contributed by atoms with van der Waals surface area (Å²) in [7, 11) is 1.14. The molecular weight excluding hydrogens is 264 g/mol. The number of aryl methyl sites for hydroxylation is 1. The Hall–Kier alpha value is -2.57. The van der Waals surface area contributed by atoms with Gasteiger partial charge in [0.25, 0.3) is 0 Å². The van der Waals surface area contributed by atoms with Gasteiger partial charge in [-0.05, 0) is 19.1 Å². The minimum absolute atomic E-state index is 0.259. The number of hydrogen-bond donors (Lipinski definition) is 2. The molecule has 0 saturated heterocycles. The number of nitrogens with one attached hydrogen (secondary N) is 1. The highest BCUT2D eigenvalue weighted by Gasteiger charge is 2.16. The van der Waals surface area contributed by atoms with Crippen molar-refractivity contribution >= 4 is 23.7 Å². The third kappa shape index (κ3) is 4.97. The van der Waals surface area contributed by atoms with E-state index in [0.29, 0.717) is 5.69 Å². The van der Waals surface area contributed by atoms with Crippen molar-refractivity contribution in [1.29, 1.82) is 0 Å². The number of rotatable bonds is 5. The second kappa shape index (κ2) is 7.13. The molecule has 7 heteroatoms. The maximum absolute atomic E-state index is 11.6. The van der Waals surface area contributed by atoms with Gasteiger partial charge in [0, 0.05) is 5.69 Å². The molecule has 1 rings (SSSR count). The van der Waals surface area contributed by atoms with E-state index in [1.54, 1.807) is 12.1 Å². The van der Waals surface area contributed by atoms with Gasteiger partial charge in [-0.3, -0.25) is 14.9 Å². The lowest BCUT2D eigenvalue weighted by atomic mass is 10.2. The smallest absolute Gasteiger partial charge is 0.413 e. The van der Waals surface area contributed by atoms with Gasteiger partial charge in [0.05, 0.1) is 13.7 Å². The van der Waals surface area contributed by atoms with Crippen LogP contribution in [0.2, 0.25) is 0 Å². The zero-order chi connectivity index (χ0) is 15.1. The minimum Gasteiger partial charge on any atom is -0.480 e. The average molecular weight is 280 g/mol. The van der Waals surface area contributed by atoms with Gasteiger partial charge in [-0.25, -0.2) is 4.79 Å². The van der Waals surface area contributed by atoms with E-state index in [4.69, 9.17) is 5.11 Å². The molecule has 0 radical (unpaired) electrons. The van der Waals surface area contributed by atoms with Gasteiger partial charge in [0.2, 0.25) is 5.91 Å². The highest BCUT2D eigenvalue weighted by molar-refractivity contribution is 5.94. The minimum atomic E-state index is -1.07. The molecule has 0 aliphatic rings. The molecule has 0 fully saturated rings. The topological polar surface area (TPSA) is 95.9 Å². The Kier molecular flexibility index (Phi) is 5.52. The normalized spacial score (nSPS) is 9.70. The molecule has 20 heavy (non-hydrogen) atoms. The number of carboxylic acid groups (broad SMARTS) is 1. The van der Waals surface area contributed by atoms with Crippen LogP contribution >= 0.6 is 0 Å². The molecule has 0 aliphatic heterocycles. The Morgan fingerprint density at radius 3 is 2.30 bits per heavy atom. The first kappa shape index (κ1) is 15.5. The largest absolute Gasteiger partial charge is 0.480 e. The fraction of sp³-hybridized carbons (Fsp3) is 0.308. The Morgan fingerprint density at radius 1 is 1.20 bits per heavy atom. The van der Waals surface area contributed by atoms with E-state index in [0.717, 1.165) is 12.7 Å². The predicted octanol–water partition coefficient (Wildman–Crippen LogP) is 0.769. The molecule has 7 nitrogen and oxygen atoms in total. The van der Waals surface area contributed by atoms with Gasteiger partial charge in [-0.2, -0.15) is 0 Å². The van der Waals surface area contributed by atoms with E-state index in [9.17, 15) is 14.4 Å². The van der Waals surface area contributed by atoms with Gasteiger partial charge in [-0.15, -0.1) is 0 Å². The van der Waals surface area contributed by atoms with Crippen LogP contribution in [-0.4, -0.2) is 43.3 Å². The predicted molar refractivity (Wildman–Crippen MR) is 71.6 cm³/mol. The van der Waals surface area contributed by atoms with E-state index in [2.05, 4.69) is 4.74 Å². The molecular formula is C13H16N2O5. The zero-order valence-corrected chi connectivity index (χ0v) is 11.3. The Labute approximate surface area is 116 Å². The SMILES string of the molecule is COC(=O)NC(=O)CN(CC(=O)O)c1ccc(C)cc1. The summed E-state index contributed by atoms with van der Waals surface area (Å²) in [5, 5.41) is 10.9. The van der Waals surface area contributed by atoms with E-state index >= 15 is 0 Å². The van der Waals surface area contributed by atoms with Crippen molar-refractivity contribution in [2.45, 2.75) is 6.92 Å². The summed E-state index contributed by atoms with van der Waals surface area (Å²) >= 11 is 0. The molecule has 0 heterocycles. The number of carbonyl (C=O) groups is 3. The first-order valence-electron chi connectivity index (χ1n) is 5.83. The van der Waals surface area contributed by atoms with E-state index in [-0.39, 0.29) is 13.1 Å². The van der Waals surface area contributed by atoms with Crippen LogP contribution in [0.5, 0.6) is 0 Å². The lowest BCUT2D eigenvalue weighted by Gasteiger charge is -2.22. The number of carboxylic acids is 1. The van der Waals surface area contributed by atoms with Crippen LogP contribution in [0.1, 0.15) is 5.56 Å². The number of hydrogen-bond acceptors (Lipinski definition) is 5. The van der Waals surface area contributed by atoms with Gasteiger partial charge in [0.1, 0.15) is 6.54 Å². The van der Waals surface area contributed by atoms with Gasteiger partial charge in [-0.1, -0.05) is 17.7 Å². The van der Waals surface area contributed by atoms with Gasteiger partial charge >= 0.3 is 12.1 Å². The Balaban J connectivity index is 2.79. The number of amides is 2. The molecule has 1 aromatic rings. The molecule has 0 saturated carbocycles. The summed E-state index contributed by atoms with van der Waals surface area (Å²) in [6, 6.07) is 7.04. The summed E-state index contributed by atoms with van der Waals surface area (Å²) in [4.78, 5) is 34.7. The summed E-state index contributed by atoms with van der Waals surface area (Å²) < 4.78 is 4.30. The molecule has 0 aliphatic carbocycles. The fourth-order valence-electron chi connectivity index (χ4n) is 1.54. The zero-order valence-electron chi connectivity index (χ0n) is 11.3. The lowest BCUT2D eigenvalue weighted by Crippen LogP contribution is -2.42. The van der Waals surface area contributed by atoms with Crippen molar-refractivity contribution in [3.63, 3.8) is 0 Å². The maximum atomic E-state index is 11.6. The number of imide groups is 1. The molecule has 1 aromatic carbocycles. The van der Waals surface area contributed by atoms with Crippen molar-refractivity contribution in [3.8, 4) is 0 Å². The van der Waals surface area contributed by atoms with Gasteiger partial charge in [0.15, 0.2) is 0 Å². The molecule has 0 atom stereocenters. The number of nitrogens with zero attached hydrogens (tertiary/aromatic N) is 1.